The lowest BCUT2D eigenvalue weighted by Gasteiger charge is -2.30. The van der Waals surface area contributed by atoms with Crippen LogP contribution < -0.4 is 0 Å². The molecule has 0 aromatic carbocycles. The second-order valence-corrected chi connectivity index (χ2v) is 4.11. The summed E-state index contributed by atoms with van der Waals surface area (Å²) in [6.07, 6.45) is 1.21. The van der Waals surface area contributed by atoms with Crippen molar-refractivity contribution in [2.24, 2.45) is 0 Å². The van der Waals surface area contributed by atoms with E-state index >= 15 is 0 Å². The van der Waals surface area contributed by atoms with E-state index in [9.17, 15) is 9.59 Å². The maximum atomic E-state index is 11.9. The normalized spacial score (nSPS) is 21.9. The van der Waals surface area contributed by atoms with E-state index in [2.05, 4.69) is 0 Å². The first-order chi connectivity index (χ1) is 7.49. The number of carbonyl (C=O) groups excluding carboxylic acids is 1. The van der Waals surface area contributed by atoms with E-state index in [1.807, 2.05) is 0 Å². The van der Waals surface area contributed by atoms with Crippen LogP contribution in [0.25, 0.3) is 0 Å². The van der Waals surface area contributed by atoms with Crippen molar-refractivity contribution >= 4 is 12.0 Å². The molecule has 1 heterocycles. The molecule has 0 aromatic heterocycles. The van der Waals surface area contributed by atoms with E-state index in [0.717, 1.165) is 0 Å². The summed E-state index contributed by atoms with van der Waals surface area (Å²) in [7, 11) is 1.57. The molecular formula is C10H18N2O4. The summed E-state index contributed by atoms with van der Waals surface area (Å²) < 4.78 is 0. The molecule has 6 nitrogen and oxygen atoms in total. The maximum absolute atomic E-state index is 11.9. The molecule has 2 atom stereocenters. The quantitative estimate of drug-likeness (QED) is 0.713. The Morgan fingerprint density at radius 3 is 2.69 bits per heavy atom. The molecular weight excluding hydrogens is 212 g/mol. The van der Waals surface area contributed by atoms with Crippen molar-refractivity contribution in [1.29, 1.82) is 0 Å². The molecule has 1 unspecified atom stereocenters. The number of likely N-dealkylation sites (tertiary alicyclic amines) is 1. The first kappa shape index (κ1) is 12.8. The molecule has 0 aliphatic carbocycles. The van der Waals surface area contributed by atoms with Crippen molar-refractivity contribution in [2.75, 3.05) is 20.2 Å². The van der Waals surface area contributed by atoms with Gasteiger partial charge in [-0.15, -0.1) is 0 Å². The number of rotatable bonds is 3. The summed E-state index contributed by atoms with van der Waals surface area (Å²) in [4.78, 5) is 25.6. The lowest BCUT2D eigenvalue weighted by molar-refractivity contribution is -0.141. The Bertz CT molecular complexity index is 282. The first-order valence-electron chi connectivity index (χ1n) is 5.36. The van der Waals surface area contributed by atoms with Crippen LogP contribution in [-0.2, 0) is 4.79 Å². The smallest absolute Gasteiger partial charge is 0.326 e. The van der Waals surface area contributed by atoms with E-state index in [0.29, 0.717) is 19.4 Å². The number of hydrogen-bond acceptors (Lipinski definition) is 3. The van der Waals surface area contributed by atoms with Crippen molar-refractivity contribution in [3.05, 3.63) is 0 Å². The molecule has 0 saturated carbocycles. The minimum atomic E-state index is -0.962. The lowest BCUT2D eigenvalue weighted by Crippen LogP contribution is -2.50. The molecule has 2 amide bonds. The van der Waals surface area contributed by atoms with Crippen molar-refractivity contribution in [3.8, 4) is 0 Å². The summed E-state index contributed by atoms with van der Waals surface area (Å²) >= 11 is 0. The zero-order chi connectivity index (χ0) is 12.3. The van der Waals surface area contributed by atoms with E-state index in [4.69, 9.17) is 10.2 Å². The van der Waals surface area contributed by atoms with Crippen LogP contribution >= 0.6 is 0 Å². The topological polar surface area (TPSA) is 81.1 Å². The molecule has 2 N–H and O–H groups in total. The second-order valence-electron chi connectivity index (χ2n) is 4.11. The van der Waals surface area contributed by atoms with Gasteiger partial charge in [-0.05, 0) is 19.8 Å². The van der Waals surface area contributed by atoms with Crippen molar-refractivity contribution < 1.29 is 19.8 Å². The largest absolute Gasteiger partial charge is 0.480 e. The molecule has 1 fully saturated rings. The minimum absolute atomic E-state index is 0.131. The molecule has 0 spiro atoms. The van der Waals surface area contributed by atoms with Crippen LogP contribution in [0.15, 0.2) is 0 Å². The van der Waals surface area contributed by atoms with E-state index < -0.39 is 12.0 Å². The van der Waals surface area contributed by atoms with Crippen LogP contribution in [0, 0.1) is 0 Å². The Morgan fingerprint density at radius 1 is 1.56 bits per heavy atom. The van der Waals surface area contributed by atoms with Gasteiger partial charge in [0.15, 0.2) is 0 Å². The van der Waals surface area contributed by atoms with Crippen LogP contribution in [0.3, 0.4) is 0 Å². The van der Waals surface area contributed by atoms with Crippen LogP contribution in [-0.4, -0.2) is 64.3 Å². The SMILES string of the molecule is CC(CO)N(C)C(=O)N1CCC[C@H]1C(=O)O. The third-order valence-electron chi connectivity index (χ3n) is 3.01. The van der Waals surface area contributed by atoms with Crippen molar-refractivity contribution in [2.45, 2.75) is 31.8 Å². The van der Waals surface area contributed by atoms with Crippen molar-refractivity contribution in [3.63, 3.8) is 0 Å². The number of carboxylic acids is 1. The maximum Gasteiger partial charge on any atom is 0.326 e. The number of nitrogens with zero attached hydrogens (tertiary/aromatic N) is 2. The van der Waals surface area contributed by atoms with Gasteiger partial charge in [0.25, 0.3) is 0 Å². The van der Waals surface area contributed by atoms with Gasteiger partial charge in [0, 0.05) is 13.6 Å². The van der Waals surface area contributed by atoms with Crippen molar-refractivity contribution in [1.82, 2.24) is 9.80 Å². The van der Waals surface area contributed by atoms with Crippen LogP contribution in [0.5, 0.6) is 0 Å². The van der Waals surface area contributed by atoms with Crippen LogP contribution in [0.4, 0.5) is 4.79 Å². The number of aliphatic carboxylic acids is 1. The number of amides is 2. The highest BCUT2D eigenvalue weighted by Gasteiger charge is 2.36. The van der Waals surface area contributed by atoms with E-state index in [1.165, 1.54) is 9.80 Å². The molecule has 0 bridgehead atoms. The van der Waals surface area contributed by atoms with Gasteiger partial charge in [-0.25, -0.2) is 9.59 Å². The Balaban J connectivity index is 2.69. The third-order valence-corrected chi connectivity index (χ3v) is 3.01. The fourth-order valence-corrected chi connectivity index (χ4v) is 1.77. The number of hydrogen-bond donors (Lipinski definition) is 2. The minimum Gasteiger partial charge on any atom is -0.480 e. The van der Waals surface area contributed by atoms with E-state index in [1.54, 1.807) is 14.0 Å². The monoisotopic (exact) mass is 230 g/mol. The average Bonchev–Trinajstić information content (AvgIpc) is 2.74. The van der Waals surface area contributed by atoms with Gasteiger partial charge in [-0.2, -0.15) is 0 Å². The molecule has 16 heavy (non-hydrogen) atoms. The Hall–Kier alpha value is -1.30. The van der Waals surface area contributed by atoms with Gasteiger partial charge in [0.05, 0.1) is 12.6 Å². The third kappa shape index (κ3) is 2.44. The van der Waals surface area contributed by atoms with Crippen LogP contribution in [0.1, 0.15) is 19.8 Å². The summed E-state index contributed by atoms with van der Waals surface area (Å²) in [5.41, 5.74) is 0. The standard InChI is InChI=1S/C10H18N2O4/c1-7(6-13)11(2)10(16)12-5-3-4-8(12)9(14)15/h7-8,13H,3-6H2,1-2H3,(H,14,15)/t7?,8-/m0/s1. The fourth-order valence-electron chi connectivity index (χ4n) is 1.77. The van der Waals surface area contributed by atoms with Gasteiger partial charge < -0.3 is 20.0 Å². The average molecular weight is 230 g/mol. The molecule has 6 heteroatoms. The summed E-state index contributed by atoms with van der Waals surface area (Å²) in [6.45, 7) is 2.05. The number of aliphatic hydroxyl groups is 1. The molecule has 1 saturated heterocycles. The predicted molar refractivity (Wildman–Crippen MR) is 57.1 cm³/mol. The second kappa shape index (κ2) is 5.16. The molecule has 1 rings (SSSR count). The summed E-state index contributed by atoms with van der Waals surface area (Å²) in [6, 6.07) is -1.35. The number of aliphatic hydroxyl groups excluding tert-OH is 1. The summed E-state index contributed by atoms with van der Waals surface area (Å²) in [5, 5.41) is 17.9. The molecule has 1 aliphatic heterocycles. The highest BCUT2D eigenvalue weighted by Crippen LogP contribution is 2.19. The number of carboxylic acid groups (broad SMARTS) is 1. The number of likely N-dealkylation sites (N-methyl/N-ethyl adjacent to an activating group) is 1. The molecule has 1 aliphatic rings. The van der Waals surface area contributed by atoms with Gasteiger partial charge in [0.1, 0.15) is 6.04 Å². The van der Waals surface area contributed by atoms with Gasteiger partial charge in [0.2, 0.25) is 0 Å². The lowest BCUT2D eigenvalue weighted by atomic mass is 10.2. The Kier molecular flexibility index (Phi) is 4.12. The number of carbonyl (C=O) groups is 2. The summed E-state index contributed by atoms with van der Waals surface area (Å²) in [5.74, 6) is -0.962. The first-order valence-corrected chi connectivity index (χ1v) is 5.36. The molecule has 0 aromatic rings. The predicted octanol–water partition coefficient (Wildman–Crippen LogP) is -0.0320. The molecule has 0 radical (unpaired) electrons. The number of urea groups is 1. The van der Waals surface area contributed by atoms with Gasteiger partial charge >= 0.3 is 12.0 Å². The highest BCUT2D eigenvalue weighted by molar-refractivity contribution is 5.83. The molecule has 92 valence electrons. The van der Waals surface area contributed by atoms with Gasteiger partial charge in [-0.3, -0.25) is 0 Å². The zero-order valence-corrected chi connectivity index (χ0v) is 9.59. The van der Waals surface area contributed by atoms with E-state index in [-0.39, 0.29) is 18.7 Å². The van der Waals surface area contributed by atoms with Crippen LogP contribution in [0.2, 0.25) is 0 Å². The fraction of sp³-hybridized carbons (Fsp3) is 0.800. The Labute approximate surface area is 94.4 Å². The Morgan fingerprint density at radius 2 is 2.19 bits per heavy atom. The zero-order valence-electron chi connectivity index (χ0n) is 9.59. The highest BCUT2D eigenvalue weighted by atomic mass is 16.4. The van der Waals surface area contributed by atoms with Gasteiger partial charge in [-0.1, -0.05) is 0 Å².